The average molecular weight is 697 g/mol. The first-order valence-corrected chi connectivity index (χ1v) is 18.1. The first kappa shape index (κ1) is 41.3. The largest absolute Gasteiger partial charge is 0.459 e. The van der Waals surface area contributed by atoms with Gasteiger partial charge in [0.1, 0.15) is 12.7 Å². The molecule has 3 heterocycles. The van der Waals surface area contributed by atoms with Gasteiger partial charge >= 0.3 is 11.9 Å². The summed E-state index contributed by atoms with van der Waals surface area (Å²) < 4.78 is 23.9. The van der Waals surface area contributed by atoms with Crippen molar-refractivity contribution in [1.82, 2.24) is 0 Å². The summed E-state index contributed by atoms with van der Waals surface area (Å²) in [6, 6.07) is 0. The van der Waals surface area contributed by atoms with Gasteiger partial charge in [0.2, 0.25) is 0 Å². The van der Waals surface area contributed by atoms with Crippen molar-refractivity contribution in [3.05, 3.63) is 84.6 Å². The highest BCUT2D eigenvalue weighted by Crippen LogP contribution is 2.41. The van der Waals surface area contributed by atoms with Crippen LogP contribution in [-0.2, 0) is 28.5 Å². The number of esters is 2. The molecule has 0 radical (unpaired) electrons. The predicted octanol–water partition coefficient (Wildman–Crippen LogP) is 6.41. The molecule has 0 amide bonds. The summed E-state index contributed by atoms with van der Waals surface area (Å²) in [5.41, 5.74) is 0.954. The Morgan fingerprint density at radius 3 is 2.66 bits per heavy atom. The van der Waals surface area contributed by atoms with Crippen molar-refractivity contribution in [1.29, 1.82) is 0 Å². The minimum absolute atomic E-state index is 0.0218. The Labute approximate surface area is 299 Å². The zero-order chi connectivity index (χ0) is 36.7. The highest BCUT2D eigenvalue weighted by molar-refractivity contribution is 5.82. The van der Waals surface area contributed by atoms with Crippen LogP contribution in [0.2, 0.25) is 0 Å². The Balaban J connectivity index is 1.71. The van der Waals surface area contributed by atoms with Crippen LogP contribution in [0.4, 0.5) is 0 Å². The van der Waals surface area contributed by atoms with Gasteiger partial charge in [0.05, 0.1) is 42.5 Å². The monoisotopic (exact) mass is 696 g/mol. The Kier molecular flexibility index (Phi) is 17.1. The van der Waals surface area contributed by atoms with Gasteiger partial charge in [-0.15, -0.1) is 0 Å². The lowest BCUT2D eigenvalue weighted by atomic mass is 9.73. The summed E-state index contributed by atoms with van der Waals surface area (Å²) in [5, 5.41) is 31.6. The van der Waals surface area contributed by atoms with Crippen LogP contribution in [0, 0.1) is 17.3 Å². The molecule has 3 N–H and O–H groups in total. The van der Waals surface area contributed by atoms with E-state index in [0.717, 1.165) is 24.0 Å². The number of ether oxygens (including phenoxy) is 4. The molecule has 278 valence electrons. The van der Waals surface area contributed by atoms with Crippen molar-refractivity contribution in [2.45, 2.75) is 129 Å². The van der Waals surface area contributed by atoms with E-state index in [0.29, 0.717) is 38.0 Å². The van der Waals surface area contributed by atoms with Crippen LogP contribution >= 0.6 is 0 Å². The maximum absolute atomic E-state index is 13.0. The number of fused-ring (bicyclic) bond motifs is 4. The average Bonchev–Trinajstić information content (AvgIpc) is 3.07. The molecule has 2 saturated heterocycles. The van der Waals surface area contributed by atoms with Gasteiger partial charge in [0.25, 0.3) is 0 Å². The molecule has 6 unspecified atom stereocenters. The Morgan fingerprint density at radius 1 is 1.14 bits per heavy atom. The van der Waals surface area contributed by atoms with Gasteiger partial charge in [-0.1, -0.05) is 101 Å². The van der Waals surface area contributed by atoms with E-state index in [1.807, 2.05) is 57.2 Å². The van der Waals surface area contributed by atoms with Crippen LogP contribution in [0.15, 0.2) is 84.6 Å². The Hall–Kier alpha value is -3.08. The first-order chi connectivity index (χ1) is 23.8. The molecule has 3 rings (SSSR count). The Morgan fingerprint density at radius 2 is 1.92 bits per heavy atom. The van der Waals surface area contributed by atoms with E-state index >= 15 is 0 Å². The van der Waals surface area contributed by atoms with E-state index < -0.39 is 41.8 Å². The molecule has 9 atom stereocenters. The van der Waals surface area contributed by atoms with E-state index in [1.54, 1.807) is 18.2 Å². The third-order valence-electron chi connectivity index (χ3n) is 9.79. The molecule has 2 fully saturated rings. The third kappa shape index (κ3) is 13.2. The molecule has 0 aromatic rings. The van der Waals surface area contributed by atoms with Crippen molar-refractivity contribution in [3.63, 3.8) is 0 Å². The highest BCUT2D eigenvalue weighted by Gasteiger charge is 2.49. The molecule has 0 spiro atoms. The maximum Gasteiger partial charge on any atom is 0.335 e. The summed E-state index contributed by atoms with van der Waals surface area (Å²) in [5.74, 6) is -0.720. The molecular formula is C41H60O9. The van der Waals surface area contributed by atoms with Gasteiger partial charge in [-0.25, -0.2) is 9.59 Å². The zero-order valence-corrected chi connectivity index (χ0v) is 30.6. The molecule has 4 bridgehead atoms. The van der Waals surface area contributed by atoms with Crippen molar-refractivity contribution >= 4 is 11.9 Å². The van der Waals surface area contributed by atoms with Gasteiger partial charge in [0, 0.05) is 31.3 Å². The first-order valence-electron chi connectivity index (χ1n) is 18.1. The topological polar surface area (TPSA) is 132 Å². The van der Waals surface area contributed by atoms with Gasteiger partial charge < -0.3 is 34.3 Å². The summed E-state index contributed by atoms with van der Waals surface area (Å²) in [6.07, 6.45) is 21.0. The van der Waals surface area contributed by atoms with Crippen LogP contribution in [0.3, 0.4) is 0 Å². The number of hydrogen-bond acceptors (Lipinski definition) is 9. The molecule has 0 aromatic carbocycles. The second-order valence-corrected chi connectivity index (χ2v) is 14.6. The molecule has 9 heteroatoms. The standard InChI is InChI=1S/C41H60O9/c1-28(2)21-22-30(4)26-47-40(46)34(43)18-13-14-19-37-41(6,27-42)38-25-33(49-37)17-10-7-9-15-29(3)23-36-31(5)35(44)24-32(48-36)16-11-8-12-20-39(45)50-38/h8-15,17,20,23,28,31-38,42-44H,4,7,16,18-19,21-22,24-27H2,1-3,5-6H3/b11-8+,14-13-,15-9+,17-10+,20-12+,29-23-/t31?,32?,33?,34?,35-,36?,37?,38+,41-/m0/s1. The minimum Gasteiger partial charge on any atom is -0.459 e. The molecule has 3 aliphatic heterocycles. The van der Waals surface area contributed by atoms with Gasteiger partial charge in [0.15, 0.2) is 6.10 Å². The zero-order valence-electron chi connectivity index (χ0n) is 30.6. The van der Waals surface area contributed by atoms with E-state index in [1.165, 1.54) is 6.08 Å². The van der Waals surface area contributed by atoms with Crippen molar-refractivity contribution in [2.75, 3.05) is 13.2 Å². The number of carbonyl (C=O) groups is 2. The lowest BCUT2D eigenvalue weighted by Crippen LogP contribution is -2.55. The number of allylic oxidation sites excluding steroid dienone is 6. The van der Waals surface area contributed by atoms with Gasteiger partial charge in [-0.2, -0.15) is 0 Å². The quantitative estimate of drug-likeness (QED) is 0.166. The molecule has 3 aliphatic rings. The number of rotatable bonds is 11. The molecular weight excluding hydrogens is 636 g/mol. The number of aliphatic hydroxyl groups is 3. The van der Waals surface area contributed by atoms with Gasteiger partial charge in [-0.05, 0) is 50.5 Å². The van der Waals surface area contributed by atoms with Crippen LogP contribution in [0.1, 0.15) is 86.0 Å². The summed E-state index contributed by atoms with van der Waals surface area (Å²) >= 11 is 0. The van der Waals surface area contributed by atoms with Crippen molar-refractivity contribution in [2.24, 2.45) is 17.3 Å². The fourth-order valence-electron chi connectivity index (χ4n) is 6.27. The molecule has 0 aromatic heterocycles. The predicted molar refractivity (Wildman–Crippen MR) is 195 cm³/mol. The SMILES string of the molecule is C=C(CCC(C)C)COC(=O)C(O)C/C=C\CC1OC2/C=C/C/C=C/C(C)=C\C3OC(C/C=C/C=C/C(=O)O[C@H](C2)[C@@]1(C)CO)C[C@H](O)C3C. The summed E-state index contributed by atoms with van der Waals surface area (Å²) in [7, 11) is 0. The van der Waals surface area contributed by atoms with Crippen LogP contribution in [0.5, 0.6) is 0 Å². The summed E-state index contributed by atoms with van der Waals surface area (Å²) in [6.45, 7) is 13.9. The molecule has 0 saturated carbocycles. The van der Waals surface area contributed by atoms with Crippen LogP contribution < -0.4 is 0 Å². The number of carbonyl (C=O) groups excluding carboxylic acids is 2. The normalized spacial score (nSPS) is 35.3. The molecule has 0 aliphatic carbocycles. The van der Waals surface area contributed by atoms with E-state index in [2.05, 4.69) is 26.5 Å². The van der Waals surface area contributed by atoms with Crippen molar-refractivity contribution < 1.29 is 43.9 Å². The minimum atomic E-state index is -1.31. The molecule has 9 nitrogen and oxygen atoms in total. The van der Waals surface area contributed by atoms with E-state index in [9.17, 15) is 24.9 Å². The Bertz CT molecular complexity index is 1290. The molecule has 50 heavy (non-hydrogen) atoms. The maximum atomic E-state index is 13.0. The lowest BCUT2D eigenvalue weighted by Gasteiger charge is -2.47. The highest BCUT2D eigenvalue weighted by atomic mass is 16.6. The van der Waals surface area contributed by atoms with Gasteiger partial charge in [-0.3, -0.25) is 0 Å². The lowest BCUT2D eigenvalue weighted by molar-refractivity contribution is -0.198. The third-order valence-corrected chi connectivity index (χ3v) is 9.79. The second-order valence-electron chi connectivity index (χ2n) is 14.6. The van der Waals surface area contributed by atoms with Crippen LogP contribution in [0.25, 0.3) is 0 Å². The van der Waals surface area contributed by atoms with E-state index in [4.69, 9.17) is 18.9 Å². The summed E-state index contributed by atoms with van der Waals surface area (Å²) in [4.78, 5) is 25.3. The second kappa shape index (κ2) is 20.7. The van der Waals surface area contributed by atoms with Crippen LogP contribution in [-0.4, -0.2) is 83.2 Å². The number of aliphatic hydroxyl groups excluding tert-OH is 3. The van der Waals surface area contributed by atoms with E-state index in [-0.39, 0.29) is 43.9 Å². The smallest absolute Gasteiger partial charge is 0.335 e. The fourth-order valence-corrected chi connectivity index (χ4v) is 6.27. The fraction of sp³-hybridized carbons (Fsp3) is 0.610. The number of hydrogen-bond donors (Lipinski definition) is 3. The van der Waals surface area contributed by atoms with Crippen molar-refractivity contribution in [3.8, 4) is 0 Å².